The molecule has 1 heterocycles. The maximum atomic E-state index is 12.2. The molecule has 0 spiro atoms. The fourth-order valence-corrected chi connectivity index (χ4v) is 4.25. The standard InChI is InChI=1S/C28H23N2O3/c29-28(32)23-10-6-11-24-27(23)22-14-13-20(17-31)15-25(22)30(24)16-21-9-4-5-12-26(21)33-18-19-7-2-1-3-8-19/h1-13,15,31H,16-18H2,(H2,29,32). The first-order valence-electron chi connectivity index (χ1n) is 10.8. The molecule has 0 bridgehead atoms. The summed E-state index contributed by atoms with van der Waals surface area (Å²) in [7, 11) is 0. The van der Waals surface area contributed by atoms with Crippen LogP contribution in [0.25, 0.3) is 21.8 Å². The summed E-state index contributed by atoms with van der Waals surface area (Å²) in [6.07, 6.45) is 0. The van der Waals surface area contributed by atoms with E-state index in [1.165, 1.54) is 0 Å². The molecule has 0 aliphatic rings. The third-order valence-electron chi connectivity index (χ3n) is 5.84. The maximum Gasteiger partial charge on any atom is 0.249 e. The largest absolute Gasteiger partial charge is 0.489 e. The number of nitrogens with zero attached hydrogens (tertiary/aromatic N) is 1. The fraction of sp³-hybridized carbons (Fsp3) is 0.107. The summed E-state index contributed by atoms with van der Waals surface area (Å²) in [6.45, 7) is 0.905. The Hall–Kier alpha value is -4.09. The molecular formula is C28H23N2O3. The topological polar surface area (TPSA) is 77.5 Å². The summed E-state index contributed by atoms with van der Waals surface area (Å²) in [5.74, 6) is 0.315. The molecule has 4 aromatic carbocycles. The Balaban J connectivity index is 1.62. The minimum absolute atomic E-state index is 0.0899. The Morgan fingerprint density at radius 3 is 2.52 bits per heavy atom. The van der Waals surface area contributed by atoms with Crippen LogP contribution >= 0.6 is 0 Å². The number of fused-ring (bicyclic) bond motifs is 3. The van der Waals surface area contributed by atoms with E-state index < -0.39 is 5.91 Å². The number of ether oxygens (including phenoxy) is 1. The number of primary amides is 1. The quantitative estimate of drug-likeness (QED) is 0.385. The van der Waals surface area contributed by atoms with Crippen LogP contribution in [0.2, 0.25) is 0 Å². The van der Waals surface area contributed by atoms with E-state index >= 15 is 0 Å². The fourth-order valence-electron chi connectivity index (χ4n) is 4.25. The number of amides is 1. The van der Waals surface area contributed by atoms with Gasteiger partial charge in [0.05, 0.1) is 24.2 Å². The smallest absolute Gasteiger partial charge is 0.249 e. The highest BCUT2D eigenvalue weighted by Gasteiger charge is 2.18. The van der Waals surface area contributed by atoms with Crippen molar-refractivity contribution in [3.63, 3.8) is 0 Å². The van der Waals surface area contributed by atoms with Gasteiger partial charge >= 0.3 is 0 Å². The normalized spacial score (nSPS) is 11.2. The van der Waals surface area contributed by atoms with Crippen molar-refractivity contribution in [3.8, 4) is 5.75 Å². The average Bonchev–Trinajstić information content (AvgIpc) is 3.17. The monoisotopic (exact) mass is 435 g/mol. The van der Waals surface area contributed by atoms with Gasteiger partial charge in [-0.3, -0.25) is 4.79 Å². The minimum Gasteiger partial charge on any atom is -0.489 e. The first-order chi connectivity index (χ1) is 16.2. The molecule has 1 radical (unpaired) electrons. The van der Waals surface area contributed by atoms with Crippen molar-refractivity contribution in [3.05, 3.63) is 113 Å². The maximum absolute atomic E-state index is 12.2. The van der Waals surface area contributed by atoms with Gasteiger partial charge in [0.2, 0.25) is 5.91 Å². The van der Waals surface area contributed by atoms with Crippen LogP contribution < -0.4 is 10.5 Å². The van der Waals surface area contributed by atoms with Gasteiger partial charge in [-0.05, 0) is 47.5 Å². The Morgan fingerprint density at radius 1 is 0.939 bits per heavy atom. The molecule has 1 aromatic heterocycles. The van der Waals surface area contributed by atoms with Gasteiger partial charge in [0, 0.05) is 21.9 Å². The van der Waals surface area contributed by atoms with Crippen LogP contribution in [0, 0.1) is 6.07 Å². The average molecular weight is 436 g/mol. The third-order valence-corrected chi connectivity index (χ3v) is 5.84. The number of hydrogen-bond donors (Lipinski definition) is 2. The molecule has 0 fully saturated rings. The van der Waals surface area contributed by atoms with Crippen LogP contribution in [-0.4, -0.2) is 15.6 Å². The second kappa shape index (κ2) is 8.81. The van der Waals surface area contributed by atoms with Crippen molar-refractivity contribution in [1.82, 2.24) is 4.57 Å². The lowest BCUT2D eigenvalue weighted by Crippen LogP contribution is -2.11. The minimum atomic E-state index is -0.481. The highest BCUT2D eigenvalue weighted by Crippen LogP contribution is 2.34. The number of aliphatic hydroxyl groups is 1. The number of aromatic nitrogens is 1. The summed E-state index contributed by atoms with van der Waals surface area (Å²) in [5.41, 5.74) is 10.8. The predicted molar refractivity (Wildman–Crippen MR) is 129 cm³/mol. The Bertz CT molecular complexity index is 1450. The first-order valence-corrected chi connectivity index (χ1v) is 10.8. The Kier molecular flexibility index (Phi) is 5.55. The molecule has 5 nitrogen and oxygen atoms in total. The summed E-state index contributed by atoms with van der Waals surface area (Å²) in [4.78, 5) is 12.2. The van der Waals surface area contributed by atoms with E-state index in [2.05, 4.69) is 10.6 Å². The number of hydrogen-bond acceptors (Lipinski definition) is 3. The number of benzene rings is 4. The van der Waals surface area contributed by atoms with E-state index in [0.717, 1.165) is 44.2 Å². The highest BCUT2D eigenvalue weighted by atomic mass is 16.5. The van der Waals surface area contributed by atoms with E-state index in [4.69, 9.17) is 10.5 Å². The van der Waals surface area contributed by atoms with Gasteiger partial charge in [-0.1, -0.05) is 54.6 Å². The molecular weight excluding hydrogens is 412 g/mol. The molecule has 5 heteroatoms. The number of aliphatic hydroxyl groups excluding tert-OH is 1. The van der Waals surface area contributed by atoms with Gasteiger partial charge in [-0.25, -0.2) is 0 Å². The lowest BCUT2D eigenvalue weighted by Gasteiger charge is -2.14. The first kappa shape index (κ1) is 20.8. The van der Waals surface area contributed by atoms with Crippen molar-refractivity contribution in [2.75, 3.05) is 0 Å². The van der Waals surface area contributed by atoms with Crippen LogP contribution in [-0.2, 0) is 19.8 Å². The number of carbonyl (C=O) groups excluding carboxylic acids is 1. The summed E-state index contributed by atoms with van der Waals surface area (Å²) in [6, 6.07) is 30.5. The summed E-state index contributed by atoms with van der Waals surface area (Å²) < 4.78 is 8.29. The van der Waals surface area contributed by atoms with E-state index in [9.17, 15) is 9.90 Å². The van der Waals surface area contributed by atoms with Gasteiger partial charge < -0.3 is 20.1 Å². The predicted octanol–water partition coefficient (Wildman–Crippen LogP) is 4.81. The van der Waals surface area contributed by atoms with E-state index in [-0.39, 0.29) is 6.61 Å². The second-order valence-electron chi connectivity index (χ2n) is 7.96. The molecule has 33 heavy (non-hydrogen) atoms. The zero-order chi connectivity index (χ0) is 22.8. The van der Waals surface area contributed by atoms with Crippen molar-refractivity contribution < 1.29 is 14.6 Å². The Labute approximate surface area is 191 Å². The van der Waals surface area contributed by atoms with E-state index in [1.54, 1.807) is 12.1 Å². The molecule has 0 atom stereocenters. The van der Waals surface area contributed by atoms with Crippen molar-refractivity contribution in [2.24, 2.45) is 5.73 Å². The van der Waals surface area contributed by atoms with Crippen LogP contribution in [0.1, 0.15) is 27.0 Å². The van der Waals surface area contributed by atoms with Crippen molar-refractivity contribution in [2.45, 2.75) is 19.8 Å². The lowest BCUT2D eigenvalue weighted by atomic mass is 10.0. The number of carbonyl (C=O) groups is 1. The zero-order valence-electron chi connectivity index (χ0n) is 18.0. The molecule has 1 amide bonds. The molecule has 0 aliphatic heterocycles. The lowest BCUT2D eigenvalue weighted by molar-refractivity contribution is 0.100. The van der Waals surface area contributed by atoms with E-state index in [1.807, 2.05) is 72.8 Å². The molecule has 0 saturated heterocycles. The van der Waals surface area contributed by atoms with Crippen molar-refractivity contribution in [1.29, 1.82) is 0 Å². The molecule has 5 aromatic rings. The Morgan fingerprint density at radius 2 is 1.73 bits per heavy atom. The SMILES string of the molecule is NC(=O)c1cccc2c1c1[c]cc(CO)cc1n2Cc1ccccc1OCc1ccccc1. The number of rotatable bonds is 7. The molecule has 3 N–H and O–H groups in total. The highest BCUT2D eigenvalue weighted by molar-refractivity contribution is 6.17. The van der Waals surface area contributed by atoms with Gasteiger partial charge in [-0.15, -0.1) is 0 Å². The number of para-hydroxylation sites is 1. The molecule has 0 saturated carbocycles. The van der Waals surface area contributed by atoms with Crippen LogP contribution in [0.3, 0.4) is 0 Å². The van der Waals surface area contributed by atoms with E-state index in [0.29, 0.717) is 18.7 Å². The second-order valence-corrected chi connectivity index (χ2v) is 7.96. The summed E-state index contributed by atoms with van der Waals surface area (Å²) >= 11 is 0. The van der Waals surface area contributed by atoms with Crippen LogP contribution in [0.5, 0.6) is 5.75 Å². The number of nitrogens with two attached hydrogens (primary N) is 1. The molecule has 0 aliphatic carbocycles. The van der Waals surface area contributed by atoms with Crippen LogP contribution in [0.15, 0.2) is 84.9 Å². The van der Waals surface area contributed by atoms with Gasteiger partial charge in [-0.2, -0.15) is 0 Å². The van der Waals surface area contributed by atoms with Crippen molar-refractivity contribution >= 4 is 27.7 Å². The van der Waals surface area contributed by atoms with Crippen LogP contribution in [0.4, 0.5) is 0 Å². The van der Waals surface area contributed by atoms with Gasteiger partial charge in [0.15, 0.2) is 0 Å². The molecule has 0 unspecified atom stereocenters. The van der Waals surface area contributed by atoms with Gasteiger partial charge in [0.1, 0.15) is 12.4 Å². The summed E-state index contributed by atoms with van der Waals surface area (Å²) in [5, 5.41) is 11.3. The zero-order valence-corrected chi connectivity index (χ0v) is 18.0. The third kappa shape index (κ3) is 3.95. The molecule has 163 valence electrons. The van der Waals surface area contributed by atoms with Gasteiger partial charge in [0.25, 0.3) is 0 Å². The molecule has 5 rings (SSSR count).